The van der Waals surface area contributed by atoms with Crippen LogP contribution in [0.15, 0.2) is 53.7 Å². The summed E-state index contributed by atoms with van der Waals surface area (Å²) in [5, 5.41) is 3.62. The number of nitrogens with two attached hydrogens (primary N) is 1. The molecule has 1 heterocycles. The Hall–Kier alpha value is -3.68. The van der Waals surface area contributed by atoms with Gasteiger partial charge in [-0.25, -0.2) is 4.79 Å². The van der Waals surface area contributed by atoms with Crippen LogP contribution in [-0.2, 0) is 9.63 Å². The summed E-state index contributed by atoms with van der Waals surface area (Å²) in [5.41, 5.74) is 7.13. The van der Waals surface area contributed by atoms with Crippen LogP contribution in [0.1, 0.15) is 39.1 Å². The molecule has 3 rings (SSSR count). The summed E-state index contributed by atoms with van der Waals surface area (Å²) in [7, 11) is 1.55. The Kier molecular flexibility index (Phi) is 5.69. The zero-order valence-corrected chi connectivity index (χ0v) is 15.3. The summed E-state index contributed by atoms with van der Waals surface area (Å²) < 4.78 is 5.05. The van der Waals surface area contributed by atoms with Crippen LogP contribution in [0.2, 0.25) is 0 Å². The second-order valence-corrected chi connectivity index (χ2v) is 6.08. The van der Waals surface area contributed by atoms with E-state index >= 15 is 0 Å². The number of methoxy groups -OCH3 is 1. The molecule has 2 amide bonds. The number of fused-ring (bicyclic) bond motifs is 1. The van der Waals surface area contributed by atoms with E-state index in [0.717, 1.165) is 4.90 Å². The topological polar surface area (TPSA) is 111 Å². The lowest BCUT2D eigenvalue weighted by molar-refractivity contribution is -0.143. The van der Waals surface area contributed by atoms with Crippen LogP contribution < -0.4 is 10.5 Å². The lowest BCUT2D eigenvalue weighted by Crippen LogP contribution is -2.31. The molecule has 0 bridgehead atoms. The first-order chi connectivity index (χ1) is 13.5. The molecule has 0 saturated carbocycles. The maximum Gasteiger partial charge on any atom is 0.335 e. The van der Waals surface area contributed by atoms with E-state index in [-0.39, 0.29) is 37.0 Å². The van der Waals surface area contributed by atoms with E-state index < -0.39 is 5.97 Å². The van der Waals surface area contributed by atoms with Gasteiger partial charge in [0, 0.05) is 18.5 Å². The summed E-state index contributed by atoms with van der Waals surface area (Å²) in [4.78, 5) is 42.3. The molecule has 2 N–H and O–H groups in total. The summed E-state index contributed by atoms with van der Waals surface area (Å²) in [6, 6.07) is 13.4. The van der Waals surface area contributed by atoms with Crippen molar-refractivity contribution in [3.05, 3.63) is 65.2 Å². The minimum atomic E-state index is -0.604. The molecular weight excluding hydrogens is 362 g/mol. The molecule has 1 aliphatic rings. The van der Waals surface area contributed by atoms with E-state index in [1.807, 2.05) is 0 Å². The number of ether oxygens (including phenoxy) is 1. The molecule has 0 spiro atoms. The summed E-state index contributed by atoms with van der Waals surface area (Å²) >= 11 is 0. The molecule has 2 aromatic rings. The largest absolute Gasteiger partial charge is 0.497 e. The molecule has 0 saturated heterocycles. The number of imide groups is 1. The van der Waals surface area contributed by atoms with Gasteiger partial charge in [-0.2, -0.15) is 0 Å². The normalized spacial score (nSPS) is 13.5. The maximum absolute atomic E-state index is 12.2. The number of carbonyl (C=O) groups excluding carboxylic acids is 3. The predicted octanol–water partition coefficient (Wildman–Crippen LogP) is 1.94. The number of oxime groups is 1. The minimum Gasteiger partial charge on any atom is -0.497 e. The number of carbonyl (C=O) groups is 3. The van der Waals surface area contributed by atoms with Crippen LogP contribution in [0.3, 0.4) is 0 Å². The van der Waals surface area contributed by atoms with Crippen molar-refractivity contribution >= 4 is 23.6 Å². The van der Waals surface area contributed by atoms with Crippen LogP contribution in [-0.4, -0.2) is 42.2 Å². The van der Waals surface area contributed by atoms with Crippen molar-refractivity contribution in [2.75, 3.05) is 13.7 Å². The van der Waals surface area contributed by atoms with E-state index in [1.165, 1.54) is 0 Å². The molecule has 2 aromatic carbocycles. The van der Waals surface area contributed by atoms with Gasteiger partial charge < -0.3 is 15.3 Å². The van der Waals surface area contributed by atoms with E-state index in [2.05, 4.69) is 5.16 Å². The van der Waals surface area contributed by atoms with Crippen molar-refractivity contribution < 1.29 is 24.0 Å². The van der Waals surface area contributed by atoms with Crippen molar-refractivity contribution in [1.82, 2.24) is 4.90 Å². The average molecular weight is 381 g/mol. The summed E-state index contributed by atoms with van der Waals surface area (Å²) in [5.74, 6) is -0.586. The van der Waals surface area contributed by atoms with Gasteiger partial charge in [0.25, 0.3) is 11.8 Å². The maximum atomic E-state index is 12.2. The molecule has 28 heavy (non-hydrogen) atoms. The Labute approximate surface area is 161 Å². The van der Waals surface area contributed by atoms with Crippen LogP contribution in [0, 0.1) is 0 Å². The number of hydrogen-bond donors (Lipinski definition) is 1. The molecule has 1 aliphatic heterocycles. The van der Waals surface area contributed by atoms with Crippen LogP contribution in [0.25, 0.3) is 0 Å². The van der Waals surface area contributed by atoms with Gasteiger partial charge in [0.15, 0.2) is 5.84 Å². The molecule has 0 radical (unpaired) electrons. The van der Waals surface area contributed by atoms with Crippen LogP contribution in [0.5, 0.6) is 5.75 Å². The highest BCUT2D eigenvalue weighted by molar-refractivity contribution is 6.21. The van der Waals surface area contributed by atoms with Gasteiger partial charge in [-0.3, -0.25) is 14.5 Å². The molecular formula is C20H19N3O5. The number of amides is 2. The van der Waals surface area contributed by atoms with Gasteiger partial charge in [0.2, 0.25) is 0 Å². The Morgan fingerprint density at radius 3 is 2.21 bits per heavy atom. The predicted molar refractivity (Wildman–Crippen MR) is 101 cm³/mol. The lowest BCUT2D eigenvalue weighted by atomic mass is 10.1. The Bertz CT molecular complexity index is 902. The third-order valence-corrected chi connectivity index (χ3v) is 4.27. The second-order valence-electron chi connectivity index (χ2n) is 6.08. The number of amidine groups is 1. The number of rotatable bonds is 7. The van der Waals surface area contributed by atoms with Crippen molar-refractivity contribution in [2.45, 2.75) is 12.8 Å². The van der Waals surface area contributed by atoms with Gasteiger partial charge in [-0.1, -0.05) is 17.3 Å². The third kappa shape index (κ3) is 4.01. The van der Waals surface area contributed by atoms with E-state index in [9.17, 15) is 14.4 Å². The van der Waals surface area contributed by atoms with E-state index in [0.29, 0.717) is 22.4 Å². The number of benzene rings is 2. The van der Waals surface area contributed by atoms with Crippen molar-refractivity contribution in [3.63, 3.8) is 0 Å². The number of nitrogens with zero attached hydrogens (tertiary/aromatic N) is 2. The van der Waals surface area contributed by atoms with Gasteiger partial charge in [0.05, 0.1) is 18.2 Å². The Morgan fingerprint density at radius 2 is 1.64 bits per heavy atom. The molecule has 0 atom stereocenters. The summed E-state index contributed by atoms with van der Waals surface area (Å²) in [6.45, 7) is 0.124. The highest BCUT2D eigenvalue weighted by Crippen LogP contribution is 2.22. The molecule has 0 unspecified atom stereocenters. The fourth-order valence-corrected chi connectivity index (χ4v) is 2.78. The SMILES string of the molecule is COc1ccc(/C(N)=N\OC(=O)CCCN2C(=O)c3ccccc3C2=O)cc1. The minimum absolute atomic E-state index is 0.00715. The number of hydrogen-bond acceptors (Lipinski definition) is 6. The van der Waals surface area contributed by atoms with Crippen LogP contribution in [0.4, 0.5) is 0 Å². The molecule has 0 fully saturated rings. The van der Waals surface area contributed by atoms with Crippen molar-refractivity contribution in [1.29, 1.82) is 0 Å². The fourth-order valence-electron chi connectivity index (χ4n) is 2.78. The quantitative estimate of drug-likeness (QED) is 0.258. The summed E-state index contributed by atoms with van der Waals surface area (Å²) in [6.07, 6.45) is 0.259. The zero-order valence-electron chi connectivity index (χ0n) is 15.3. The smallest absolute Gasteiger partial charge is 0.335 e. The Balaban J connectivity index is 1.48. The monoisotopic (exact) mass is 381 g/mol. The fraction of sp³-hybridized carbons (Fsp3) is 0.200. The van der Waals surface area contributed by atoms with Gasteiger partial charge >= 0.3 is 5.97 Å². The first-order valence-corrected chi connectivity index (χ1v) is 8.64. The average Bonchev–Trinajstić information content (AvgIpc) is 2.97. The molecule has 0 aromatic heterocycles. The lowest BCUT2D eigenvalue weighted by Gasteiger charge is -2.12. The van der Waals surface area contributed by atoms with Crippen LogP contribution >= 0.6 is 0 Å². The highest BCUT2D eigenvalue weighted by Gasteiger charge is 2.34. The Morgan fingerprint density at radius 1 is 1.04 bits per heavy atom. The van der Waals surface area contributed by atoms with Crippen molar-refractivity contribution in [2.24, 2.45) is 10.9 Å². The molecule has 8 heteroatoms. The molecule has 144 valence electrons. The van der Waals surface area contributed by atoms with E-state index in [4.69, 9.17) is 15.3 Å². The van der Waals surface area contributed by atoms with Crippen molar-refractivity contribution in [3.8, 4) is 5.75 Å². The molecule has 8 nitrogen and oxygen atoms in total. The van der Waals surface area contributed by atoms with Gasteiger partial charge in [-0.05, 0) is 42.8 Å². The standard InChI is InChI=1S/C20H19N3O5/c1-27-14-10-8-13(9-11-14)18(21)22-28-17(24)7-4-12-23-19(25)15-5-2-3-6-16(15)20(23)26/h2-3,5-6,8-11H,4,7,12H2,1H3,(H2,21,22). The zero-order chi connectivity index (χ0) is 20.1. The van der Waals surface area contributed by atoms with Gasteiger partial charge in [-0.15, -0.1) is 0 Å². The molecule has 0 aliphatic carbocycles. The third-order valence-electron chi connectivity index (χ3n) is 4.27. The second kappa shape index (κ2) is 8.34. The highest BCUT2D eigenvalue weighted by atomic mass is 16.7. The first kappa shape index (κ1) is 19.1. The first-order valence-electron chi connectivity index (χ1n) is 8.64. The van der Waals surface area contributed by atoms with E-state index in [1.54, 1.807) is 55.6 Å². The van der Waals surface area contributed by atoms with Gasteiger partial charge in [0.1, 0.15) is 5.75 Å².